The van der Waals surface area contributed by atoms with Crippen LogP contribution in [0.15, 0.2) is 0 Å². The van der Waals surface area contributed by atoms with Crippen LogP contribution in [0.3, 0.4) is 0 Å². The first-order chi connectivity index (χ1) is 9.28. The van der Waals surface area contributed by atoms with E-state index in [1.807, 2.05) is 0 Å². The van der Waals surface area contributed by atoms with Crippen molar-refractivity contribution in [2.24, 2.45) is 0 Å². The van der Waals surface area contributed by atoms with Crippen molar-refractivity contribution in [3.63, 3.8) is 0 Å². The predicted molar refractivity (Wildman–Crippen MR) is 76.1 cm³/mol. The van der Waals surface area contributed by atoms with E-state index < -0.39 is 0 Å². The van der Waals surface area contributed by atoms with Crippen molar-refractivity contribution in [1.29, 1.82) is 0 Å². The molecule has 4 nitrogen and oxygen atoms in total. The smallest absolute Gasteiger partial charge is 0.234 e. The summed E-state index contributed by atoms with van der Waals surface area (Å²) in [6, 6.07) is 0.423. The highest BCUT2D eigenvalue weighted by Gasteiger charge is 2.21. The van der Waals surface area contributed by atoms with Gasteiger partial charge in [0.2, 0.25) is 5.91 Å². The summed E-state index contributed by atoms with van der Waals surface area (Å²) < 4.78 is 5.35. The van der Waals surface area contributed by atoms with E-state index in [1.54, 1.807) is 7.11 Å². The van der Waals surface area contributed by atoms with Crippen molar-refractivity contribution in [3.8, 4) is 0 Å². The Bertz CT molecular complexity index is 267. The molecule has 1 amide bonds. The highest BCUT2D eigenvalue weighted by atomic mass is 16.5. The van der Waals surface area contributed by atoms with Crippen LogP contribution in [-0.4, -0.2) is 49.7 Å². The molecule has 1 N–H and O–H groups in total. The third-order valence-corrected chi connectivity index (χ3v) is 4.46. The number of carbonyl (C=O) groups is 1. The van der Waals surface area contributed by atoms with Gasteiger partial charge in [-0.2, -0.15) is 0 Å². The number of amides is 1. The third kappa shape index (κ3) is 5.11. The molecule has 2 rings (SSSR count). The van der Waals surface area contributed by atoms with Crippen LogP contribution in [0.25, 0.3) is 0 Å². The number of carbonyl (C=O) groups excluding carboxylic acids is 1. The van der Waals surface area contributed by atoms with E-state index >= 15 is 0 Å². The minimum atomic E-state index is 0.211. The highest BCUT2D eigenvalue weighted by Crippen LogP contribution is 2.17. The minimum absolute atomic E-state index is 0.211. The lowest BCUT2D eigenvalue weighted by Gasteiger charge is -2.31. The lowest BCUT2D eigenvalue weighted by molar-refractivity contribution is -0.123. The van der Waals surface area contributed by atoms with E-state index in [2.05, 4.69) is 10.2 Å². The second-order valence-electron chi connectivity index (χ2n) is 5.97. The number of nitrogens with one attached hydrogen (secondary N) is 1. The van der Waals surface area contributed by atoms with Gasteiger partial charge in [0.1, 0.15) is 0 Å². The summed E-state index contributed by atoms with van der Waals surface area (Å²) in [5.74, 6) is 0.211. The van der Waals surface area contributed by atoms with Gasteiger partial charge in [0.15, 0.2) is 0 Å². The lowest BCUT2D eigenvalue weighted by atomic mass is 10.1. The molecule has 1 saturated carbocycles. The molecule has 0 radical (unpaired) electrons. The van der Waals surface area contributed by atoms with Crippen molar-refractivity contribution in [1.82, 2.24) is 10.2 Å². The Labute approximate surface area is 116 Å². The molecule has 0 atom stereocenters. The van der Waals surface area contributed by atoms with E-state index in [-0.39, 0.29) is 5.91 Å². The van der Waals surface area contributed by atoms with E-state index in [1.165, 1.54) is 25.7 Å². The fourth-order valence-electron chi connectivity index (χ4n) is 3.20. The molecule has 1 aliphatic heterocycles. The van der Waals surface area contributed by atoms with Gasteiger partial charge in [0.05, 0.1) is 12.6 Å². The van der Waals surface area contributed by atoms with Crippen molar-refractivity contribution in [2.75, 3.05) is 26.7 Å². The Balaban J connectivity index is 1.66. The van der Waals surface area contributed by atoms with Crippen molar-refractivity contribution < 1.29 is 9.53 Å². The molecular formula is C15H28N2O2. The average Bonchev–Trinajstić information content (AvgIpc) is 2.68. The third-order valence-electron chi connectivity index (χ3n) is 4.46. The van der Waals surface area contributed by atoms with Gasteiger partial charge in [0.25, 0.3) is 0 Å². The zero-order valence-corrected chi connectivity index (χ0v) is 12.2. The summed E-state index contributed by atoms with van der Waals surface area (Å²) in [6.45, 7) is 2.53. The highest BCUT2D eigenvalue weighted by molar-refractivity contribution is 5.78. The molecular weight excluding hydrogens is 240 g/mol. The predicted octanol–water partition coefficient (Wildman–Crippen LogP) is 1.94. The summed E-state index contributed by atoms with van der Waals surface area (Å²) in [4.78, 5) is 14.3. The van der Waals surface area contributed by atoms with Crippen molar-refractivity contribution >= 4 is 5.91 Å². The number of hydrogen-bond donors (Lipinski definition) is 1. The maximum absolute atomic E-state index is 12.1. The zero-order valence-electron chi connectivity index (χ0n) is 12.2. The lowest BCUT2D eigenvalue weighted by Crippen LogP contribution is -2.45. The van der Waals surface area contributed by atoms with Crippen molar-refractivity contribution in [3.05, 3.63) is 0 Å². The van der Waals surface area contributed by atoms with Gasteiger partial charge < -0.3 is 10.1 Å². The van der Waals surface area contributed by atoms with Crippen LogP contribution in [-0.2, 0) is 9.53 Å². The topological polar surface area (TPSA) is 41.6 Å². The number of methoxy groups -OCH3 is 1. The second-order valence-corrected chi connectivity index (χ2v) is 5.97. The Kier molecular flexibility index (Phi) is 6.11. The largest absolute Gasteiger partial charge is 0.381 e. The van der Waals surface area contributed by atoms with Gasteiger partial charge in [-0.25, -0.2) is 0 Å². The van der Waals surface area contributed by atoms with E-state index in [0.717, 1.165) is 38.8 Å². The summed E-state index contributed by atoms with van der Waals surface area (Å²) >= 11 is 0. The van der Waals surface area contributed by atoms with Crippen LogP contribution >= 0.6 is 0 Å². The molecule has 19 heavy (non-hydrogen) atoms. The Morgan fingerprint density at radius 3 is 2.32 bits per heavy atom. The number of rotatable bonds is 4. The summed E-state index contributed by atoms with van der Waals surface area (Å²) in [7, 11) is 1.78. The maximum Gasteiger partial charge on any atom is 0.234 e. The number of hydrogen-bond acceptors (Lipinski definition) is 3. The van der Waals surface area contributed by atoms with Crippen LogP contribution in [0.4, 0.5) is 0 Å². The molecule has 110 valence electrons. The van der Waals surface area contributed by atoms with Gasteiger partial charge in [-0.15, -0.1) is 0 Å². The molecule has 0 aromatic rings. The molecule has 2 fully saturated rings. The standard InChI is InChI=1S/C15H28N2O2/c1-19-14-8-10-17(11-9-14)12-15(18)16-13-6-4-2-3-5-7-13/h13-14H,2-12H2,1H3,(H,16,18). The maximum atomic E-state index is 12.1. The van der Waals surface area contributed by atoms with Gasteiger partial charge >= 0.3 is 0 Å². The molecule has 0 bridgehead atoms. The molecule has 0 spiro atoms. The van der Waals surface area contributed by atoms with Crippen LogP contribution in [0, 0.1) is 0 Å². The summed E-state index contributed by atoms with van der Waals surface area (Å²) in [5.41, 5.74) is 0. The minimum Gasteiger partial charge on any atom is -0.381 e. The van der Waals surface area contributed by atoms with E-state index in [9.17, 15) is 4.79 Å². The van der Waals surface area contributed by atoms with Crippen LogP contribution in [0.2, 0.25) is 0 Å². The SMILES string of the molecule is COC1CCN(CC(=O)NC2CCCCCC2)CC1. The first-order valence-electron chi connectivity index (χ1n) is 7.82. The quantitative estimate of drug-likeness (QED) is 0.792. The molecule has 0 aromatic heterocycles. The van der Waals surface area contributed by atoms with Crippen LogP contribution in [0.1, 0.15) is 51.4 Å². The normalized spacial score (nSPS) is 24.1. The Morgan fingerprint density at radius 1 is 1.11 bits per heavy atom. The fraction of sp³-hybridized carbons (Fsp3) is 0.933. The fourth-order valence-corrected chi connectivity index (χ4v) is 3.20. The molecule has 1 heterocycles. The summed E-state index contributed by atoms with van der Waals surface area (Å²) in [6.07, 6.45) is 10.0. The Morgan fingerprint density at radius 2 is 1.74 bits per heavy atom. The van der Waals surface area contributed by atoms with E-state index in [4.69, 9.17) is 4.74 Å². The van der Waals surface area contributed by atoms with Crippen LogP contribution in [0.5, 0.6) is 0 Å². The Hall–Kier alpha value is -0.610. The molecule has 2 aliphatic rings. The monoisotopic (exact) mass is 268 g/mol. The van der Waals surface area contributed by atoms with Crippen molar-refractivity contribution in [2.45, 2.75) is 63.5 Å². The molecule has 0 unspecified atom stereocenters. The summed E-state index contributed by atoms with van der Waals surface area (Å²) in [5, 5.41) is 3.22. The molecule has 1 aliphatic carbocycles. The first-order valence-corrected chi connectivity index (χ1v) is 7.82. The number of piperidine rings is 1. The van der Waals surface area contributed by atoms with Crippen LogP contribution < -0.4 is 5.32 Å². The molecule has 1 saturated heterocycles. The van der Waals surface area contributed by atoms with Gasteiger partial charge in [-0.1, -0.05) is 25.7 Å². The van der Waals surface area contributed by atoms with Gasteiger partial charge in [-0.05, 0) is 25.7 Å². The number of ether oxygens (including phenoxy) is 1. The van der Waals surface area contributed by atoms with Gasteiger partial charge in [-0.3, -0.25) is 9.69 Å². The van der Waals surface area contributed by atoms with E-state index in [0.29, 0.717) is 18.7 Å². The number of nitrogens with zero attached hydrogens (tertiary/aromatic N) is 1. The number of likely N-dealkylation sites (tertiary alicyclic amines) is 1. The average molecular weight is 268 g/mol. The molecule has 0 aromatic carbocycles. The molecule has 4 heteroatoms. The first kappa shape index (κ1) is 14.8. The second kappa shape index (κ2) is 7.85. The van der Waals surface area contributed by atoms with Gasteiger partial charge in [0, 0.05) is 26.2 Å². The zero-order chi connectivity index (χ0) is 13.5.